The molecule has 142 valence electrons. The standard InChI is InChI=1S/C16H21FN4O4S/c1-20(2)26(23,24)10-12-7-21(8-14(12)22)9-15-18-19-16(25-15)11-4-3-5-13(17)6-11/h3-6,12,14,22H,7-10H2,1-2H3/t12-,14-/m0/s1. The van der Waals surface area contributed by atoms with Crippen LogP contribution in [0.2, 0.25) is 0 Å². The normalized spacial score (nSPS) is 21.6. The van der Waals surface area contributed by atoms with Crippen LogP contribution in [0.25, 0.3) is 11.5 Å². The molecule has 1 saturated heterocycles. The lowest BCUT2D eigenvalue weighted by Gasteiger charge is -2.17. The van der Waals surface area contributed by atoms with Crippen LogP contribution < -0.4 is 0 Å². The molecule has 2 atom stereocenters. The lowest BCUT2D eigenvalue weighted by atomic mass is 10.1. The van der Waals surface area contributed by atoms with Gasteiger partial charge in [0.2, 0.25) is 21.8 Å². The maximum atomic E-state index is 13.3. The summed E-state index contributed by atoms with van der Waals surface area (Å²) in [6, 6.07) is 5.86. The number of halogens is 1. The third-order valence-corrected chi connectivity index (χ3v) is 6.32. The first-order chi connectivity index (χ1) is 12.2. The summed E-state index contributed by atoms with van der Waals surface area (Å²) in [6.07, 6.45) is -0.740. The Labute approximate surface area is 151 Å². The Hall–Kier alpha value is -1.88. The fourth-order valence-electron chi connectivity index (χ4n) is 2.90. The highest BCUT2D eigenvalue weighted by atomic mass is 32.2. The number of benzene rings is 1. The number of nitrogens with zero attached hydrogens (tertiary/aromatic N) is 4. The second kappa shape index (κ2) is 7.39. The van der Waals surface area contributed by atoms with E-state index in [2.05, 4.69) is 10.2 Å². The maximum Gasteiger partial charge on any atom is 0.247 e. The van der Waals surface area contributed by atoms with E-state index < -0.39 is 21.9 Å². The van der Waals surface area contributed by atoms with E-state index >= 15 is 0 Å². The van der Waals surface area contributed by atoms with Gasteiger partial charge in [0.1, 0.15) is 5.82 Å². The van der Waals surface area contributed by atoms with Crippen molar-refractivity contribution < 1.29 is 22.3 Å². The summed E-state index contributed by atoms with van der Waals surface area (Å²) < 4.78 is 44.0. The Morgan fingerprint density at radius 2 is 2.12 bits per heavy atom. The first-order valence-corrected chi connectivity index (χ1v) is 9.74. The molecule has 2 aromatic rings. The van der Waals surface area contributed by atoms with Crippen LogP contribution in [0.4, 0.5) is 4.39 Å². The number of aliphatic hydroxyl groups excluding tert-OH is 1. The molecule has 1 fully saturated rings. The fraction of sp³-hybridized carbons (Fsp3) is 0.500. The third kappa shape index (κ3) is 4.26. The SMILES string of the molecule is CN(C)S(=O)(=O)C[C@@H]1CN(Cc2nnc(-c3cccc(F)c3)o2)C[C@@H]1O. The highest BCUT2D eigenvalue weighted by molar-refractivity contribution is 7.89. The zero-order chi connectivity index (χ0) is 18.9. The first-order valence-electron chi connectivity index (χ1n) is 8.13. The maximum absolute atomic E-state index is 13.3. The summed E-state index contributed by atoms with van der Waals surface area (Å²) in [6.45, 7) is 1.02. The average molecular weight is 384 g/mol. The van der Waals surface area contributed by atoms with Crippen molar-refractivity contribution in [1.82, 2.24) is 19.4 Å². The van der Waals surface area contributed by atoms with Gasteiger partial charge in [0.05, 0.1) is 18.4 Å². The molecule has 26 heavy (non-hydrogen) atoms. The van der Waals surface area contributed by atoms with E-state index in [0.29, 0.717) is 24.5 Å². The van der Waals surface area contributed by atoms with Crippen molar-refractivity contribution in [3.8, 4) is 11.5 Å². The summed E-state index contributed by atoms with van der Waals surface area (Å²) in [5.41, 5.74) is 0.486. The summed E-state index contributed by atoms with van der Waals surface area (Å²) in [5.74, 6) is -0.350. The molecule has 1 N–H and O–H groups in total. The van der Waals surface area contributed by atoms with Crippen molar-refractivity contribution >= 4 is 10.0 Å². The summed E-state index contributed by atoms with van der Waals surface area (Å²) in [5, 5.41) is 18.0. The molecular formula is C16H21FN4O4S. The number of sulfonamides is 1. The van der Waals surface area contributed by atoms with Gasteiger partial charge in [-0.25, -0.2) is 17.1 Å². The van der Waals surface area contributed by atoms with Crippen LogP contribution >= 0.6 is 0 Å². The predicted molar refractivity (Wildman–Crippen MR) is 91.9 cm³/mol. The first kappa shape index (κ1) is 18.9. The van der Waals surface area contributed by atoms with E-state index in [-0.39, 0.29) is 24.1 Å². The van der Waals surface area contributed by atoms with E-state index in [1.54, 1.807) is 12.1 Å². The zero-order valence-corrected chi connectivity index (χ0v) is 15.4. The fourth-order valence-corrected chi connectivity index (χ4v) is 4.07. The van der Waals surface area contributed by atoms with Crippen molar-refractivity contribution in [3.05, 3.63) is 36.0 Å². The smallest absolute Gasteiger partial charge is 0.247 e. The van der Waals surface area contributed by atoms with Crippen LogP contribution in [0, 0.1) is 11.7 Å². The quantitative estimate of drug-likeness (QED) is 0.777. The Balaban J connectivity index is 1.64. The molecule has 0 saturated carbocycles. The average Bonchev–Trinajstić information content (AvgIpc) is 3.14. The van der Waals surface area contributed by atoms with Gasteiger partial charge >= 0.3 is 0 Å². The van der Waals surface area contributed by atoms with E-state index in [4.69, 9.17) is 4.42 Å². The Morgan fingerprint density at radius 3 is 2.81 bits per heavy atom. The van der Waals surface area contributed by atoms with Gasteiger partial charge in [0.15, 0.2) is 0 Å². The molecule has 1 aromatic heterocycles. The number of aliphatic hydroxyl groups is 1. The van der Waals surface area contributed by atoms with Crippen LogP contribution in [-0.2, 0) is 16.6 Å². The number of hydrogen-bond donors (Lipinski definition) is 1. The van der Waals surface area contributed by atoms with E-state index in [9.17, 15) is 17.9 Å². The molecule has 3 rings (SSSR count). The van der Waals surface area contributed by atoms with Gasteiger partial charge in [-0.1, -0.05) is 6.07 Å². The number of β-amino-alcohol motifs (C(OH)–C–C–N with tert-alkyl or cyclic N) is 1. The number of aromatic nitrogens is 2. The zero-order valence-electron chi connectivity index (χ0n) is 14.5. The van der Waals surface area contributed by atoms with Crippen molar-refractivity contribution in [2.24, 2.45) is 5.92 Å². The topological polar surface area (TPSA) is 99.8 Å². The Bertz CT molecular complexity index is 871. The van der Waals surface area contributed by atoms with E-state index in [1.807, 2.05) is 4.90 Å². The van der Waals surface area contributed by atoms with Gasteiger partial charge in [0.25, 0.3) is 0 Å². The minimum atomic E-state index is -3.39. The lowest BCUT2D eigenvalue weighted by molar-refractivity contribution is 0.147. The largest absolute Gasteiger partial charge is 0.419 e. The molecule has 0 amide bonds. The van der Waals surface area contributed by atoms with Gasteiger partial charge < -0.3 is 9.52 Å². The van der Waals surface area contributed by atoms with Crippen LogP contribution in [-0.4, -0.2) is 72.0 Å². The number of hydrogen-bond acceptors (Lipinski definition) is 7. The van der Waals surface area contributed by atoms with Crippen LogP contribution in [0.5, 0.6) is 0 Å². The summed E-state index contributed by atoms with van der Waals surface area (Å²) in [7, 11) is -0.441. The molecule has 0 unspecified atom stereocenters. The van der Waals surface area contributed by atoms with Gasteiger partial charge in [0, 0.05) is 38.7 Å². The predicted octanol–water partition coefficient (Wildman–Crippen LogP) is 0.560. The molecule has 8 nitrogen and oxygen atoms in total. The molecular weight excluding hydrogens is 363 g/mol. The van der Waals surface area contributed by atoms with Crippen LogP contribution in [0.1, 0.15) is 5.89 Å². The van der Waals surface area contributed by atoms with Crippen LogP contribution in [0.3, 0.4) is 0 Å². The lowest BCUT2D eigenvalue weighted by Crippen LogP contribution is -2.33. The van der Waals surface area contributed by atoms with Gasteiger partial charge in [-0.2, -0.15) is 0 Å². The van der Waals surface area contributed by atoms with Crippen molar-refractivity contribution in [3.63, 3.8) is 0 Å². The highest BCUT2D eigenvalue weighted by Gasteiger charge is 2.35. The van der Waals surface area contributed by atoms with Gasteiger partial charge in [-0.15, -0.1) is 10.2 Å². The summed E-state index contributed by atoms with van der Waals surface area (Å²) in [4.78, 5) is 1.86. The van der Waals surface area contributed by atoms with Gasteiger partial charge in [-0.05, 0) is 18.2 Å². The van der Waals surface area contributed by atoms with Gasteiger partial charge in [-0.3, -0.25) is 4.90 Å². The molecule has 0 radical (unpaired) electrons. The number of likely N-dealkylation sites (tertiary alicyclic amines) is 1. The molecule has 1 aliphatic heterocycles. The van der Waals surface area contributed by atoms with E-state index in [1.165, 1.54) is 26.2 Å². The second-order valence-electron chi connectivity index (χ2n) is 6.59. The molecule has 0 aliphatic carbocycles. The summed E-state index contributed by atoms with van der Waals surface area (Å²) >= 11 is 0. The third-order valence-electron chi connectivity index (χ3n) is 4.36. The minimum absolute atomic E-state index is 0.115. The molecule has 2 heterocycles. The Kier molecular flexibility index (Phi) is 5.37. The molecule has 1 aromatic carbocycles. The monoisotopic (exact) mass is 384 g/mol. The number of rotatable bonds is 6. The molecule has 0 bridgehead atoms. The van der Waals surface area contributed by atoms with E-state index in [0.717, 1.165) is 4.31 Å². The molecule has 0 spiro atoms. The van der Waals surface area contributed by atoms with Crippen LogP contribution in [0.15, 0.2) is 28.7 Å². The minimum Gasteiger partial charge on any atom is -0.419 e. The molecule has 1 aliphatic rings. The second-order valence-corrected chi connectivity index (χ2v) is 8.82. The highest BCUT2D eigenvalue weighted by Crippen LogP contribution is 2.23. The van der Waals surface area contributed by atoms with Crippen molar-refractivity contribution in [1.29, 1.82) is 0 Å². The van der Waals surface area contributed by atoms with Crippen molar-refractivity contribution in [2.75, 3.05) is 32.9 Å². The van der Waals surface area contributed by atoms with Crippen molar-refractivity contribution in [2.45, 2.75) is 12.6 Å². The molecule has 10 heteroatoms. The Morgan fingerprint density at radius 1 is 1.35 bits per heavy atom.